The van der Waals surface area contributed by atoms with Crippen LogP contribution in [0, 0.1) is 0 Å². The molecule has 0 radical (unpaired) electrons. The topological polar surface area (TPSA) is 46.3 Å². The molecule has 0 aromatic carbocycles. The summed E-state index contributed by atoms with van der Waals surface area (Å²) >= 11 is 1.89. The van der Waals surface area contributed by atoms with Crippen molar-refractivity contribution in [2.45, 2.75) is 38.0 Å². The molecule has 1 fully saturated rings. The van der Waals surface area contributed by atoms with E-state index >= 15 is 0 Å². The fourth-order valence-electron chi connectivity index (χ4n) is 4.20. The van der Waals surface area contributed by atoms with E-state index in [1.54, 1.807) is 0 Å². The van der Waals surface area contributed by atoms with E-state index in [4.69, 9.17) is 4.99 Å². The summed E-state index contributed by atoms with van der Waals surface area (Å²) in [7, 11) is 0. The molecule has 3 atom stereocenters. The van der Waals surface area contributed by atoms with Crippen LogP contribution in [0.2, 0.25) is 0 Å². The molecule has 6 heteroatoms. The zero-order valence-electron chi connectivity index (χ0n) is 15.8. The molecule has 1 saturated heterocycles. The van der Waals surface area contributed by atoms with E-state index in [-0.39, 0.29) is 12.1 Å². The van der Waals surface area contributed by atoms with Gasteiger partial charge in [0.05, 0.1) is 11.7 Å². The molecular weight excluding hydrogens is 366 g/mol. The maximum atomic E-state index is 5.12. The van der Waals surface area contributed by atoms with Crippen molar-refractivity contribution in [1.29, 1.82) is 0 Å². The Morgan fingerprint density at radius 1 is 1.07 bits per heavy atom. The van der Waals surface area contributed by atoms with Crippen LogP contribution in [0.1, 0.15) is 42.4 Å². The van der Waals surface area contributed by atoms with Crippen molar-refractivity contribution in [3.63, 3.8) is 0 Å². The Hall–Kier alpha value is -2.60. The molecular formula is C22H23N5S. The molecule has 2 aliphatic heterocycles. The summed E-state index contributed by atoms with van der Waals surface area (Å²) in [5.74, 6) is 1.12. The van der Waals surface area contributed by atoms with Crippen LogP contribution >= 0.6 is 11.8 Å². The molecule has 2 aliphatic rings. The summed E-state index contributed by atoms with van der Waals surface area (Å²) in [5, 5.41) is 1.17. The second kappa shape index (κ2) is 7.43. The van der Waals surface area contributed by atoms with Crippen molar-refractivity contribution in [2.24, 2.45) is 4.99 Å². The van der Waals surface area contributed by atoms with Crippen LogP contribution in [-0.2, 0) is 6.54 Å². The van der Waals surface area contributed by atoms with Gasteiger partial charge in [0, 0.05) is 48.8 Å². The largest absolute Gasteiger partial charge is 0.345 e. The van der Waals surface area contributed by atoms with Crippen molar-refractivity contribution in [3.8, 4) is 0 Å². The van der Waals surface area contributed by atoms with Gasteiger partial charge in [-0.15, -0.1) is 0 Å². The van der Waals surface area contributed by atoms with Gasteiger partial charge >= 0.3 is 0 Å². The third-order valence-electron chi connectivity index (χ3n) is 5.60. The Balaban J connectivity index is 1.55. The lowest BCUT2D eigenvalue weighted by Gasteiger charge is -2.32. The van der Waals surface area contributed by atoms with Gasteiger partial charge in [0.1, 0.15) is 6.04 Å². The number of fused-ring (bicyclic) bond motifs is 1. The fourth-order valence-corrected chi connectivity index (χ4v) is 5.53. The van der Waals surface area contributed by atoms with E-state index in [0.29, 0.717) is 6.04 Å². The number of hydrogen-bond acceptors (Lipinski definition) is 5. The van der Waals surface area contributed by atoms with Crippen molar-refractivity contribution < 1.29 is 0 Å². The first-order chi connectivity index (χ1) is 13.8. The Kier molecular flexibility index (Phi) is 4.64. The molecule has 0 spiro atoms. The average molecular weight is 390 g/mol. The highest BCUT2D eigenvalue weighted by Gasteiger charge is 2.46. The third-order valence-corrected chi connectivity index (χ3v) is 6.73. The second-order valence-corrected chi connectivity index (χ2v) is 8.24. The number of pyridine rings is 2. The second-order valence-electron chi connectivity index (χ2n) is 7.25. The number of aromatic nitrogens is 3. The monoisotopic (exact) mass is 389 g/mol. The van der Waals surface area contributed by atoms with Crippen molar-refractivity contribution >= 4 is 16.9 Å². The molecule has 5 rings (SSSR count). The Labute approximate surface area is 169 Å². The molecule has 0 amide bonds. The maximum absolute atomic E-state index is 5.12. The van der Waals surface area contributed by atoms with E-state index < -0.39 is 0 Å². The summed E-state index contributed by atoms with van der Waals surface area (Å²) in [6, 6.07) is 15.4. The van der Waals surface area contributed by atoms with Gasteiger partial charge < -0.3 is 9.47 Å². The highest BCUT2D eigenvalue weighted by molar-refractivity contribution is 8.14. The Morgan fingerprint density at radius 2 is 1.96 bits per heavy atom. The molecule has 0 saturated carbocycles. The van der Waals surface area contributed by atoms with Crippen LogP contribution in [0.3, 0.4) is 0 Å². The van der Waals surface area contributed by atoms with Crippen molar-refractivity contribution in [3.05, 3.63) is 84.2 Å². The fraction of sp³-hybridized carbons (Fsp3) is 0.318. The minimum absolute atomic E-state index is 0.0316. The van der Waals surface area contributed by atoms with Crippen molar-refractivity contribution in [1.82, 2.24) is 19.4 Å². The maximum Gasteiger partial charge on any atom is 0.160 e. The SMILES string of the molecule is CC[C@@H]1CSC2=N[C@H](c3ccccn3)[C@@H](c3cccn3Cc3ccncc3)N21. The van der Waals surface area contributed by atoms with Gasteiger partial charge in [-0.3, -0.25) is 15.0 Å². The predicted molar refractivity (Wildman–Crippen MR) is 113 cm³/mol. The lowest BCUT2D eigenvalue weighted by atomic mass is 9.99. The normalized spacial score (nSPS) is 23.7. The predicted octanol–water partition coefficient (Wildman–Crippen LogP) is 4.31. The van der Waals surface area contributed by atoms with E-state index in [1.807, 2.05) is 36.4 Å². The lowest BCUT2D eigenvalue weighted by Crippen LogP contribution is -2.36. The molecule has 3 aromatic heterocycles. The average Bonchev–Trinajstić information content (AvgIpc) is 3.44. The minimum Gasteiger partial charge on any atom is -0.345 e. The molecule has 5 heterocycles. The zero-order valence-corrected chi connectivity index (χ0v) is 16.7. The van der Waals surface area contributed by atoms with Crippen LogP contribution in [0.4, 0.5) is 0 Å². The molecule has 28 heavy (non-hydrogen) atoms. The molecule has 3 aromatic rings. The van der Waals surface area contributed by atoms with E-state index in [1.165, 1.54) is 16.4 Å². The third kappa shape index (κ3) is 3.02. The number of aliphatic imine (C=N–C) groups is 1. The van der Waals surface area contributed by atoms with Crippen LogP contribution in [0.25, 0.3) is 0 Å². The summed E-state index contributed by atoms with van der Waals surface area (Å²) in [4.78, 5) is 16.5. The molecule has 0 aliphatic carbocycles. The highest BCUT2D eigenvalue weighted by atomic mass is 32.2. The van der Waals surface area contributed by atoms with Gasteiger partial charge in [0.2, 0.25) is 0 Å². The number of hydrogen-bond donors (Lipinski definition) is 0. The first kappa shape index (κ1) is 17.5. The number of amidine groups is 1. The van der Waals surface area contributed by atoms with Gasteiger partial charge in [-0.1, -0.05) is 24.8 Å². The smallest absolute Gasteiger partial charge is 0.160 e. The van der Waals surface area contributed by atoms with Gasteiger partial charge in [-0.2, -0.15) is 0 Å². The van der Waals surface area contributed by atoms with E-state index in [9.17, 15) is 0 Å². The number of thioether (sulfide) groups is 1. The van der Waals surface area contributed by atoms with Crippen LogP contribution < -0.4 is 0 Å². The van der Waals surface area contributed by atoms with E-state index in [0.717, 1.165) is 24.4 Å². The summed E-state index contributed by atoms with van der Waals surface area (Å²) in [6.45, 7) is 3.11. The standard InChI is InChI=1S/C22H23N5S/c1-2-17-15-28-22-25-20(18-6-3-4-10-24-18)21(27(17)22)19-7-5-13-26(19)14-16-8-11-23-12-9-16/h3-13,17,20-21H,2,14-15H2,1H3/t17-,20-,21-/m1/s1. The van der Waals surface area contributed by atoms with Gasteiger partial charge in [-0.25, -0.2) is 0 Å². The van der Waals surface area contributed by atoms with Crippen LogP contribution in [-0.4, -0.2) is 36.4 Å². The van der Waals surface area contributed by atoms with Gasteiger partial charge in [0.25, 0.3) is 0 Å². The summed E-state index contributed by atoms with van der Waals surface area (Å²) in [5.41, 5.74) is 3.59. The molecule has 0 N–H and O–H groups in total. The van der Waals surface area contributed by atoms with E-state index in [2.05, 4.69) is 69.0 Å². The number of nitrogens with zero attached hydrogens (tertiary/aromatic N) is 5. The Morgan fingerprint density at radius 3 is 2.75 bits per heavy atom. The molecule has 0 bridgehead atoms. The first-order valence-corrected chi connectivity index (χ1v) is 10.8. The summed E-state index contributed by atoms with van der Waals surface area (Å²) < 4.78 is 2.35. The van der Waals surface area contributed by atoms with Crippen molar-refractivity contribution in [2.75, 3.05) is 5.75 Å². The van der Waals surface area contributed by atoms with Crippen LogP contribution in [0.15, 0.2) is 72.2 Å². The summed E-state index contributed by atoms with van der Waals surface area (Å²) in [6.07, 6.45) is 8.89. The minimum atomic E-state index is 0.0316. The first-order valence-electron chi connectivity index (χ1n) is 9.79. The number of rotatable bonds is 5. The molecule has 5 nitrogen and oxygen atoms in total. The lowest BCUT2D eigenvalue weighted by molar-refractivity contribution is 0.246. The highest BCUT2D eigenvalue weighted by Crippen LogP contribution is 2.48. The van der Waals surface area contributed by atoms with Crippen LogP contribution in [0.5, 0.6) is 0 Å². The Bertz CT molecular complexity index is 969. The quantitative estimate of drug-likeness (QED) is 0.652. The molecule has 142 valence electrons. The zero-order chi connectivity index (χ0) is 18.9. The van der Waals surface area contributed by atoms with Gasteiger partial charge in [0.15, 0.2) is 5.17 Å². The van der Waals surface area contributed by atoms with Gasteiger partial charge in [-0.05, 0) is 48.4 Å². The molecule has 0 unspecified atom stereocenters.